The molecule has 0 aromatic heterocycles. The van der Waals surface area contributed by atoms with Gasteiger partial charge in [-0.15, -0.1) is 0 Å². The quantitative estimate of drug-likeness (QED) is 0.682. The Morgan fingerprint density at radius 3 is 2.50 bits per heavy atom. The fourth-order valence-electron chi connectivity index (χ4n) is 1.83. The molecule has 0 bridgehead atoms. The number of carbonyl (C=O) groups excluding carboxylic acids is 2. The van der Waals surface area contributed by atoms with E-state index in [4.69, 9.17) is 4.74 Å². The molecule has 0 radical (unpaired) electrons. The second kappa shape index (κ2) is 5.96. The van der Waals surface area contributed by atoms with Crippen molar-refractivity contribution < 1.29 is 19.4 Å². The predicted octanol–water partition coefficient (Wildman–Crippen LogP) is 0.169. The topological polar surface area (TPSA) is 66.8 Å². The van der Waals surface area contributed by atoms with E-state index >= 15 is 0 Å². The summed E-state index contributed by atoms with van der Waals surface area (Å²) in [4.78, 5) is 24.4. The molecule has 5 heteroatoms. The van der Waals surface area contributed by atoms with Crippen LogP contribution in [0, 0.1) is 5.92 Å². The van der Waals surface area contributed by atoms with Gasteiger partial charge >= 0.3 is 0 Å². The first-order chi connectivity index (χ1) is 7.54. The number of rotatable bonds is 5. The molecule has 1 unspecified atom stereocenters. The van der Waals surface area contributed by atoms with Gasteiger partial charge in [0.15, 0.2) is 0 Å². The highest BCUT2D eigenvalue weighted by Crippen LogP contribution is 2.19. The van der Waals surface area contributed by atoms with Crippen LogP contribution in [0.15, 0.2) is 0 Å². The molecule has 5 nitrogen and oxygen atoms in total. The van der Waals surface area contributed by atoms with Crippen molar-refractivity contribution >= 4 is 11.8 Å². The van der Waals surface area contributed by atoms with E-state index < -0.39 is 6.10 Å². The zero-order chi connectivity index (χ0) is 12.1. The molecule has 92 valence electrons. The largest absolute Gasteiger partial charge is 0.391 e. The first-order valence-electron chi connectivity index (χ1n) is 5.54. The molecule has 1 fully saturated rings. The molecule has 1 aliphatic rings. The maximum Gasteiger partial charge on any atom is 0.229 e. The number of aliphatic hydroxyl groups is 1. The third-order valence-corrected chi connectivity index (χ3v) is 2.69. The lowest BCUT2D eigenvalue weighted by Crippen LogP contribution is -2.44. The number of nitrogens with zero attached hydrogens (tertiary/aromatic N) is 1. The van der Waals surface area contributed by atoms with Gasteiger partial charge in [-0.05, 0) is 12.3 Å². The SMILES string of the molecule is COCC(O)CCN1C(=O)CC(C)CC1=O. The summed E-state index contributed by atoms with van der Waals surface area (Å²) in [6.45, 7) is 2.41. The van der Waals surface area contributed by atoms with Crippen molar-refractivity contribution in [2.24, 2.45) is 5.92 Å². The van der Waals surface area contributed by atoms with Gasteiger partial charge in [-0.1, -0.05) is 6.92 Å². The summed E-state index contributed by atoms with van der Waals surface area (Å²) in [6, 6.07) is 0. The van der Waals surface area contributed by atoms with Gasteiger partial charge in [0, 0.05) is 26.5 Å². The zero-order valence-electron chi connectivity index (χ0n) is 9.81. The van der Waals surface area contributed by atoms with Crippen LogP contribution in [0.25, 0.3) is 0 Å². The van der Waals surface area contributed by atoms with E-state index in [1.807, 2.05) is 6.92 Å². The van der Waals surface area contributed by atoms with Crippen LogP contribution in [0.3, 0.4) is 0 Å². The van der Waals surface area contributed by atoms with Crippen molar-refractivity contribution in [2.75, 3.05) is 20.3 Å². The van der Waals surface area contributed by atoms with Crippen LogP contribution in [-0.2, 0) is 14.3 Å². The number of amides is 2. The van der Waals surface area contributed by atoms with Crippen LogP contribution < -0.4 is 0 Å². The van der Waals surface area contributed by atoms with E-state index in [1.165, 1.54) is 12.0 Å². The highest BCUT2D eigenvalue weighted by molar-refractivity contribution is 5.97. The van der Waals surface area contributed by atoms with Crippen LogP contribution in [0.2, 0.25) is 0 Å². The second-order valence-corrected chi connectivity index (χ2v) is 4.35. The van der Waals surface area contributed by atoms with Gasteiger partial charge in [-0.2, -0.15) is 0 Å². The lowest BCUT2D eigenvalue weighted by molar-refractivity contribution is -0.150. The normalized spacial score (nSPS) is 20.3. The summed E-state index contributed by atoms with van der Waals surface area (Å²) >= 11 is 0. The van der Waals surface area contributed by atoms with Crippen molar-refractivity contribution in [3.05, 3.63) is 0 Å². The number of imide groups is 1. The molecule has 1 aliphatic heterocycles. The molecule has 1 N–H and O–H groups in total. The van der Waals surface area contributed by atoms with E-state index in [-0.39, 0.29) is 30.9 Å². The Morgan fingerprint density at radius 1 is 1.44 bits per heavy atom. The Hall–Kier alpha value is -0.940. The van der Waals surface area contributed by atoms with E-state index in [9.17, 15) is 14.7 Å². The van der Waals surface area contributed by atoms with Gasteiger partial charge in [0.1, 0.15) is 0 Å². The van der Waals surface area contributed by atoms with Crippen LogP contribution in [0.4, 0.5) is 0 Å². The van der Waals surface area contributed by atoms with Crippen LogP contribution in [0.1, 0.15) is 26.2 Å². The lowest BCUT2D eigenvalue weighted by atomic mass is 9.97. The predicted molar refractivity (Wildman–Crippen MR) is 57.6 cm³/mol. The molecule has 0 saturated carbocycles. The molecule has 1 atom stereocenters. The van der Waals surface area contributed by atoms with Gasteiger partial charge < -0.3 is 9.84 Å². The molecule has 2 amide bonds. The van der Waals surface area contributed by atoms with E-state index in [0.717, 1.165) is 0 Å². The third-order valence-electron chi connectivity index (χ3n) is 2.69. The molecule has 1 heterocycles. The maximum atomic E-state index is 11.6. The number of hydrogen-bond acceptors (Lipinski definition) is 4. The molecule has 0 aliphatic carbocycles. The summed E-state index contributed by atoms with van der Waals surface area (Å²) in [5.41, 5.74) is 0. The van der Waals surface area contributed by atoms with Crippen molar-refractivity contribution in [3.63, 3.8) is 0 Å². The van der Waals surface area contributed by atoms with Crippen molar-refractivity contribution in [3.8, 4) is 0 Å². The summed E-state index contributed by atoms with van der Waals surface area (Å²) in [6.07, 6.45) is 0.600. The van der Waals surface area contributed by atoms with Crippen LogP contribution in [-0.4, -0.2) is 48.2 Å². The van der Waals surface area contributed by atoms with Crippen LogP contribution in [0.5, 0.6) is 0 Å². The molecule has 1 rings (SSSR count). The fourth-order valence-corrected chi connectivity index (χ4v) is 1.83. The molecular formula is C11H19NO4. The molecule has 0 aromatic rings. The van der Waals surface area contributed by atoms with Gasteiger partial charge in [-0.25, -0.2) is 0 Å². The summed E-state index contributed by atoms with van der Waals surface area (Å²) in [5.74, 6) is -0.123. The molecule has 0 aromatic carbocycles. The third kappa shape index (κ3) is 3.57. The molecule has 1 saturated heterocycles. The Labute approximate surface area is 95.4 Å². The minimum atomic E-state index is -0.620. The molecule has 16 heavy (non-hydrogen) atoms. The first-order valence-corrected chi connectivity index (χ1v) is 5.54. The average molecular weight is 229 g/mol. The minimum Gasteiger partial charge on any atom is -0.391 e. The monoisotopic (exact) mass is 229 g/mol. The first kappa shape index (κ1) is 13.1. The fraction of sp³-hybridized carbons (Fsp3) is 0.818. The van der Waals surface area contributed by atoms with Gasteiger partial charge in [-0.3, -0.25) is 14.5 Å². The number of ether oxygens (including phenoxy) is 1. The summed E-state index contributed by atoms with van der Waals surface area (Å²) in [5, 5.41) is 9.43. The Bertz CT molecular complexity index is 249. The number of methoxy groups -OCH3 is 1. The standard InChI is InChI=1S/C11H19NO4/c1-8-5-10(14)12(11(15)6-8)4-3-9(13)7-16-2/h8-9,13H,3-7H2,1-2H3. The number of aliphatic hydroxyl groups excluding tert-OH is 1. The highest BCUT2D eigenvalue weighted by Gasteiger charge is 2.30. The van der Waals surface area contributed by atoms with Crippen LogP contribution >= 0.6 is 0 Å². The Balaban J connectivity index is 2.41. The number of piperidine rings is 1. The highest BCUT2D eigenvalue weighted by atomic mass is 16.5. The maximum absolute atomic E-state index is 11.6. The molecule has 0 spiro atoms. The van der Waals surface area contributed by atoms with Crippen molar-refractivity contribution in [1.29, 1.82) is 0 Å². The number of carbonyl (C=O) groups is 2. The smallest absolute Gasteiger partial charge is 0.229 e. The zero-order valence-corrected chi connectivity index (χ0v) is 9.81. The second-order valence-electron chi connectivity index (χ2n) is 4.35. The number of likely N-dealkylation sites (tertiary alicyclic amines) is 1. The lowest BCUT2D eigenvalue weighted by Gasteiger charge is -2.28. The molecular weight excluding hydrogens is 210 g/mol. The van der Waals surface area contributed by atoms with Crippen molar-refractivity contribution in [1.82, 2.24) is 4.90 Å². The summed E-state index contributed by atoms with van der Waals surface area (Å²) < 4.78 is 4.78. The van der Waals surface area contributed by atoms with Gasteiger partial charge in [0.25, 0.3) is 0 Å². The average Bonchev–Trinajstić information content (AvgIpc) is 2.16. The number of hydrogen-bond donors (Lipinski definition) is 1. The van der Waals surface area contributed by atoms with Crippen molar-refractivity contribution in [2.45, 2.75) is 32.3 Å². The Kier molecular flexibility index (Phi) is 4.89. The van der Waals surface area contributed by atoms with E-state index in [1.54, 1.807) is 0 Å². The van der Waals surface area contributed by atoms with E-state index in [2.05, 4.69) is 0 Å². The van der Waals surface area contributed by atoms with E-state index in [0.29, 0.717) is 19.3 Å². The minimum absolute atomic E-state index is 0.131. The van der Waals surface area contributed by atoms with Gasteiger partial charge in [0.2, 0.25) is 11.8 Å². The Morgan fingerprint density at radius 2 is 2.00 bits per heavy atom. The van der Waals surface area contributed by atoms with Gasteiger partial charge in [0.05, 0.1) is 12.7 Å². The summed E-state index contributed by atoms with van der Waals surface area (Å²) in [7, 11) is 1.50.